The van der Waals surface area contributed by atoms with Crippen molar-refractivity contribution in [3.63, 3.8) is 0 Å². The molecule has 0 atom stereocenters. The van der Waals surface area contributed by atoms with E-state index in [1.807, 2.05) is 28.7 Å². The van der Waals surface area contributed by atoms with Crippen molar-refractivity contribution in [3.05, 3.63) is 376 Å². The second kappa shape index (κ2) is 24.4. The van der Waals surface area contributed by atoms with Gasteiger partial charge in [0.15, 0.2) is 0 Å². The number of hydrogen-bond donors (Lipinski definition) is 0. The Bertz CT molecular complexity index is 8700. The fourth-order valence-electron chi connectivity index (χ4n) is 19.6. The van der Waals surface area contributed by atoms with Crippen LogP contribution in [0.3, 0.4) is 0 Å². The molecule has 538 valence electrons. The zero-order chi connectivity index (χ0) is 75.5. The van der Waals surface area contributed by atoms with Crippen LogP contribution in [0.5, 0.6) is 0 Å². The van der Waals surface area contributed by atoms with Gasteiger partial charge in [-0.3, -0.25) is 0 Å². The first-order valence-electron chi connectivity index (χ1n) is 39.6. The molecule has 18 aromatic carbocycles. The summed E-state index contributed by atoms with van der Waals surface area (Å²) in [5.41, 5.74) is 28.6. The van der Waals surface area contributed by atoms with Crippen LogP contribution in [0.15, 0.2) is 385 Å². The fourth-order valence-corrected chi connectivity index (χ4v) is 22.1. The van der Waals surface area contributed by atoms with E-state index in [0.29, 0.717) is 0 Å². The molecule has 8 aromatic heterocycles. The Morgan fingerprint density at radius 2 is 0.552 bits per heavy atom. The molecule has 26 rings (SSSR count). The molecular weight excluding hydrogens is 1450 g/mol. The Labute approximate surface area is 670 Å². The molecule has 0 aliphatic carbocycles. The predicted molar refractivity (Wildman–Crippen MR) is 491 cm³/mol. The van der Waals surface area contributed by atoms with E-state index in [1.54, 1.807) is 0 Å². The number of para-hydroxylation sites is 7. The van der Waals surface area contributed by atoms with Crippen molar-refractivity contribution in [2.24, 2.45) is 0 Å². The molecule has 0 bridgehead atoms. The molecule has 0 saturated carbocycles. The molecule has 0 aliphatic rings. The Kier molecular flexibility index (Phi) is 13.4. The first kappa shape index (κ1) is 63.8. The number of aromatic nitrogens is 4. The third-order valence-electron chi connectivity index (χ3n) is 24.8. The standard InChI is InChI=1S/C108H62N4O2S2/c1-3-20-68(21-4-1)109-92-37-11-7-24-77(92)87-59-89-79-53-46-67(74-29-15-33-82-80-26-9-13-39-100(80)113-105(74)82)58-95(79)112(98(89)61-96(87)109)71-51-44-64(45-52-71)76-32-18-35-84-91-57-65(48-55-103(91)116-108(76)84)72-28-19-40-101-104(72)85-36-16-30-73(106(85)114-101)66-47-54-94-86(56-66)90-60-88-78-25-8-12-38-93(78)110(69-22-5-2-6-23-69)97(88)62-99(90)111(94)70-49-42-63(43-50-70)75-31-17-34-83-81-27-10-14-41-102(81)115-107(75)83/h1-62H. The van der Waals surface area contributed by atoms with Crippen molar-refractivity contribution in [2.75, 3.05) is 0 Å². The van der Waals surface area contributed by atoms with E-state index in [9.17, 15) is 0 Å². The van der Waals surface area contributed by atoms with Gasteiger partial charge in [0.2, 0.25) is 0 Å². The highest BCUT2D eigenvalue weighted by Crippen LogP contribution is 2.50. The van der Waals surface area contributed by atoms with E-state index >= 15 is 0 Å². The summed E-state index contributed by atoms with van der Waals surface area (Å²) in [6.07, 6.45) is 0. The summed E-state index contributed by atoms with van der Waals surface area (Å²) in [6.45, 7) is 0. The van der Waals surface area contributed by atoms with Gasteiger partial charge in [0.1, 0.15) is 22.3 Å². The summed E-state index contributed by atoms with van der Waals surface area (Å²) in [5, 5.41) is 19.2. The Morgan fingerprint density at radius 3 is 1.18 bits per heavy atom. The predicted octanol–water partition coefficient (Wildman–Crippen LogP) is 30.9. The van der Waals surface area contributed by atoms with E-state index in [4.69, 9.17) is 8.83 Å². The average molecular weight is 1510 g/mol. The molecule has 0 saturated heterocycles. The van der Waals surface area contributed by atoms with Gasteiger partial charge in [0.25, 0.3) is 0 Å². The maximum atomic E-state index is 7.18. The molecule has 0 aliphatic heterocycles. The first-order valence-corrected chi connectivity index (χ1v) is 41.2. The van der Waals surface area contributed by atoms with Gasteiger partial charge in [0.05, 0.1) is 44.1 Å². The summed E-state index contributed by atoms with van der Waals surface area (Å²) in [7, 11) is 0. The van der Waals surface area contributed by atoms with Gasteiger partial charge in [-0.15, -0.1) is 22.7 Å². The van der Waals surface area contributed by atoms with Crippen molar-refractivity contribution in [1.82, 2.24) is 18.3 Å². The van der Waals surface area contributed by atoms with Gasteiger partial charge >= 0.3 is 0 Å². The molecule has 0 amide bonds. The summed E-state index contributed by atoms with van der Waals surface area (Å²) < 4.78 is 28.8. The maximum Gasteiger partial charge on any atom is 0.143 e. The minimum atomic E-state index is 0.859. The van der Waals surface area contributed by atoms with Crippen LogP contribution in [-0.4, -0.2) is 18.3 Å². The highest BCUT2D eigenvalue weighted by Gasteiger charge is 2.26. The average Bonchev–Trinajstić information content (AvgIpc) is 1.56. The first-order chi connectivity index (χ1) is 57.5. The SMILES string of the molecule is c1ccc(-n2c3ccccc3c3cc4c5cc(-c6cccc7c6oc6cccc(-c8ccc9sc%10c(-c%11ccc(-n%12c%13cc(-c%14cccc%15c%14oc%14ccccc%14%15)ccc%13c%13cc%14c%15ccccc%15n(-c%15ccccc%15)c%14cc%13%12)cc%11)cccc%10c9c8)c67)ccc5n(-c5ccc(-c6cccc7c6sc6ccccc67)cc5)c4cc32)cc1. The van der Waals surface area contributed by atoms with Crippen LogP contribution >= 0.6 is 22.7 Å². The molecule has 0 fully saturated rings. The second-order valence-electron chi connectivity index (χ2n) is 30.9. The van der Waals surface area contributed by atoms with Gasteiger partial charge in [-0.2, -0.15) is 0 Å². The number of furan rings is 2. The van der Waals surface area contributed by atoms with Gasteiger partial charge in [-0.05, 0) is 178 Å². The fraction of sp³-hybridized carbons (Fsp3) is 0. The molecule has 0 N–H and O–H groups in total. The zero-order valence-electron chi connectivity index (χ0n) is 62.2. The molecule has 0 radical (unpaired) electrons. The van der Waals surface area contributed by atoms with Crippen molar-refractivity contribution >= 4 is 194 Å². The highest BCUT2D eigenvalue weighted by atomic mass is 32.1. The smallest absolute Gasteiger partial charge is 0.143 e. The molecule has 8 heteroatoms. The quantitative estimate of drug-likeness (QED) is 0.145. The number of thiophene rings is 2. The lowest BCUT2D eigenvalue weighted by Crippen LogP contribution is -1.96. The van der Waals surface area contributed by atoms with E-state index in [-0.39, 0.29) is 0 Å². The molecule has 0 spiro atoms. The summed E-state index contributed by atoms with van der Waals surface area (Å²) >= 11 is 3.75. The molecular formula is C108H62N4O2S2. The van der Waals surface area contributed by atoms with Gasteiger partial charge in [0, 0.05) is 139 Å². The Balaban J connectivity index is 0.586. The van der Waals surface area contributed by atoms with Crippen molar-refractivity contribution in [3.8, 4) is 78.4 Å². The van der Waals surface area contributed by atoms with Gasteiger partial charge in [-0.25, -0.2) is 0 Å². The minimum Gasteiger partial charge on any atom is -0.455 e. The third-order valence-corrected chi connectivity index (χ3v) is 27.2. The van der Waals surface area contributed by atoms with Gasteiger partial charge in [-0.1, -0.05) is 243 Å². The van der Waals surface area contributed by atoms with Crippen LogP contribution in [-0.2, 0) is 0 Å². The van der Waals surface area contributed by atoms with Crippen LogP contribution in [0.4, 0.5) is 0 Å². The summed E-state index contributed by atoms with van der Waals surface area (Å²) in [6, 6.07) is 139. The lowest BCUT2D eigenvalue weighted by Gasteiger charge is -2.12. The van der Waals surface area contributed by atoms with Crippen molar-refractivity contribution in [2.45, 2.75) is 0 Å². The largest absolute Gasteiger partial charge is 0.455 e. The molecule has 26 aromatic rings. The summed E-state index contributed by atoms with van der Waals surface area (Å²) in [5.74, 6) is 0. The summed E-state index contributed by atoms with van der Waals surface area (Å²) in [4.78, 5) is 0. The van der Waals surface area contributed by atoms with E-state index in [0.717, 1.165) is 133 Å². The number of nitrogens with zero attached hydrogens (tertiary/aromatic N) is 4. The third kappa shape index (κ3) is 9.21. The van der Waals surface area contributed by atoms with Crippen LogP contribution < -0.4 is 0 Å². The maximum absolute atomic E-state index is 7.18. The normalized spacial score (nSPS) is 12.3. The number of hydrogen-bond acceptors (Lipinski definition) is 4. The van der Waals surface area contributed by atoms with Crippen LogP contribution in [0, 0.1) is 0 Å². The number of fused-ring (bicyclic) bond motifs is 24. The topological polar surface area (TPSA) is 46.0 Å². The van der Waals surface area contributed by atoms with E-state index in [2.05, 4.69) is 388 Å². The van der Waals surface area contributed by atoms with Crippen LogP contribution in [0.2, 0.25) is 0 Å². The Hall–Kier alpha value is -14.8. The lowest BCUT2D eigenvalue weighted by atomic mass is 9.95. The lowest BCUT2D eigenvalue weighted by molar-refractivity contribution is 0.669. The minimum absolute atomic E-state index is 0.859. The van der Waals surface area contributed by atoms with Gasteiger partial charge < -0.3 is 27.1 Å². The monoisotopic (exact) mass is 1510 g/mol. The van der Waals surface area contributed by atoms with Crippen molar-refractivity contribution < 1.29 is 8.83 Å². The zero-order valence-corrected chi connectivity index (χ0v) is 63.9. The molecule has 116 heavy (non-hydrogen) atoms. The van der Waals surface area contributed by atoms with E-state index < -0.39 is 0 Å². The molecule has 6 nitrogen and oxygen atoms in total. The molecule has 8 heterocycles. The van der Waals surface area contributed by atoms with E-state index in [1.165, 1.54) is 117 Å². The number of benzene rings is 18. The number of rotatable bonds is 9. The highest BCUT2D eigenvalue weighted by molar-refractivity contribution is 7.26. The van der Waals surface area contributed by atoms with Crippen molar-refractivity contribution in [1.29, 1.82) is 0 Å². The Morgan fingerprint density at radius 1 is 0.181 bits per heavy atom. The molecule has 0 unspecified atom stereocenters. The second-order valence-corrected chi connectivity index (χ2v) is 33.0. The van der Waals surface area contributed by atoms with Crippen LogP contribution in [0.1, 0.15) is 0 Å². The van der Waals surface area contributed by atoms with Crippen LogP contribution in [0.25, 0.3) is 250 Å².